The maximum absolute atomic E-state index is 12.4. The Morgan fingerprint density at radius 2 is 0.780 bits per heavy atom. The van der Waals surface area contributed by atoms with Crippen molar-refractivity contribution in [2.24, 2.45) is 5.73 Å². The van der Waals surface area contributed by atoms with Crippen LogP contribution in [0, 0.1) is 0 Å². The first-order valence-corrected chi connectivity index (χ1v) is 14.2. The van der Waals surface area contributed by atoms with Crippen LogP contribution in [0.5, 0.6) is 0 Å². The van der Waals surface area contributed by atoms with E-state index in [0.717, 1.165) is 0 Å². The standard InChI is InChI=1S/C20H34N8O9S4/c21-1-13(29)25-9(5-38)17(33)22-2-14(30)26-10(6-39)18(34)23-3-15(31)27-11(7-40)19(35)24-4-16(32)28-12(8-41)20(36)37/h9-12,38-41H,1-8,21H2,(H,22,33)(H,23,34)(H,24,35)(H,25,29)(H,26,30)(H,27,31)(H,28,32)(H,36,37)/t9-,10-,11-,12-/m0/s1. The molecule has 10 N–H and O–H groups in total. The van der Waals surface area contributed by atoms with Gasteiger partial charge in [-0.05, 0) is 0 Å². The van der Waals surface area contributed by atoms with E-state index in [1.807, 2.05) is 0 Å². The lowest BCUT2D eigenvalue weighted by Crippen LogP contribution is -2.55. The molecule has 0 unspecified atom stereocenters. The van der Waals surface area contributed by atoms with Gasteiger partial charge < -0.3 is 48.1 Å². The van der Waals surface area contributed by atoms with E-state index >= 15 is 0 Å². The topological polar surface area (TPSA) is 267 Å². The molecule has 0 aliphatic heterocycles. The van der Waals surface area contributed by atoms with Crippen LogP contribution in [0.4, 0.5) is 0 Å². The van der Waals surface area contributed by atoms with Crippen LogP contribution in [-0.2, 0) is 38.4 Å². The van der Waals surface area contributed by atoms with E-state index in [0.29, 0.717) is 0 Å². The number of carbonyl (C=O) groups excluding carboxylic acids is 7. The SMILES string of the molecule is NCC(=O)N[C@@H](CS)C(=O)NCC(=O)N[C@@H](CS)C(=O)NCC(=O)N[C@@H](CS)C(=O)NCC(=O)N[C@@H](CS)C(=O)O. The largest absolute Gasteiger partial charge is 0.480 e. The fourth-order valence-electron chi connectivity index (χ4n) is 2.63. The van der Waals surface area contributed by atoms with Crippen LogP contribution in [0.15, 0.2) is 0 Å². The van der Waals surface area contributed by atoms with Gasteiger partial charge in [-0.3, -0.25) is 33.6 Å². The van der Waals surface area contributed by atoms with Crippen molar-refractivity contribution in [1.29, 1.82) is 0 Å². The van der Waals surface area contributed by atoms with Gasteiger partial charge in [0.1, 0.15) is 24.2 Å². The predicted octanol–water partition coefficient (Wildman–Crippen LogP) is -5.96. The van der Waals surface area contributed by atoms with E-state index in [2.05, 4.69) is 87.7 Å². The van der Waals surface area contributed by atoms with Gasteiger partial charge in [-0.15, -0.1) is 0 Å². The van der Waals surface area contributed by atoms with Crippen molar-refractivity contribution in [2.45, 2.75) is 24.2 Å². The minimum Gasteiger partial charge on any atom is -0.480 e. The normalized spacial score (nSPS) is 13.3. The number of carboxylic acid groups (broad SMARTS) is 1. The third kappa shape index (κ3) is 15.6. The van der Waals surface area contributed by atoms with Gasteiger partial charge in [-0.1, -0.05) is 0 Å². The van der Waals surface area contributed by atoms with Gasteiger partial charge in [0.2, 0.25) is 41.4 Å². The highest BCUT2D eigenvalue weighted by Gasteiger charge is 2.25. The van der Waals surface area contributed by atoms with Crippen LogP contribution in [0.2, 0.25) is 0 Å². The summed E-state index contributed by atoms with van der Waals surface area (Å²) >= 11 is 15.7. The lowest BCUT2D eigenvalue weighted by atomic mass is 10.2. The third-order valence-electron chi connectivity index (χ3n) is 4.77. The Morgan fingerprint density at radius 1 is 0.512 bits per heavy atom. The summed E-state index contributed by atoms with van der Waals surface area (Å²) in [7, 11) is 0. The van der Waals surface area contributed by atoms with Crippen LogP contribution < -0.4 is 43.0 Å². The van der Waals surface area contributed by atoms with Crippen molar-refractivity contribution in [2.75, 3.05) is 49.2 Å². The molecule has 0 aliphatic carbocycles. The van der Waals surface area contributed by atoms with Crippen LogP contribution in [0.1, 0.15) is 0 Å². The molecule has 0 fully saturated rings. The maximum atomic E-state index is 12.4. The smallest absolute Gasteiger partial charge is 0.327 e. The summed E-state index contributed by atoms with van der Waals surface area (Å²) in [5, 5.41) is 24.8. The Balaban J connectivity index is 4.68. The monoisotopic (exact) mass is 658 g/mol. The average Bonchev–Trinajstić information content (AvgIpc) is 2.95. The Labute approximate surface area is 257 Å². The zero-order valence-electron chi connectivity index (χ0n) is 21.5. The van der Waals surface area contributed by atoms with Gasteiger partial charge in [-0.25, -0.2) is 4.79 Å². The lowest BCUT2D eigenvalue weighted by Gasteiger charge is -2.19. The summed E-state index contributed by atoms with van der Waals surface area (Å²) < 4.78 is 0. The number of aliphatic carboxylic acids is 1. The second-order valence-corrected chi connectivity index (χ2v) is 9.37. The molecule has 232 valence electrons. The number of thiol groups is 4. The number of carboxylic acids is 1. The molecular weight excluding hydrogens is 625 g/mol. The summed E-state index contributed by atoms with van der Waals surface area (Å²) in [5.41, 5.74) is 5.18. The van der Waals surface area contributed by atoms with Crippen LogP contribution in [0.25, 0.3) is 0 Å². The fourth-order valence-corrected chi connectivity index (χ4v) is 3.65. The number of hydrogen-bond donors (Lipinski definition) is 13. The first-order valence-electron chi connectivity index (χ1n) is 11.7. The highest BCUT2D eigenvalue weighted by atomic mass is 32.1. The van der Waals surface area contributed by atoms with Gasteiger partial charge in [-0.2, -0.15) is 50.5 Å². The van der Waals surface area contributed by atoms with E-state index in [-0.39, 0.29) is 29.6 Å². The zero-order chi connectivity index (χ0) is 31.5. The van der Waals surface area contributed by atoms with Gasteiger partial charge in [0, 0.05) is 23.0 Å². The second kappa shape index (κ2) is 20.9. The van der Waals surface area contributed by atoms with Crippen molar-refractivity contribution in [3.05, 3.63) is 0 Å². The molecule has 0 rings (SSSR count). The molecule has 21 heteroatoms. The third-order valence-corrected chi connectivity index (χ3v) is 6.23. The van der Waals surface area contributed by atoms with E-state index in [1.165, 1.54) is 0 Å². The van der Waals surface area contributed by atoms with Crippen molar-refractivity contribution in [3.8, 4) is 0 Å². The molecule has 0 heterocycles. The maximum Gasteiger partial charge on any atom is 0.327 e. The highest BCUT2D eigenvalue weighted by molar-refractivity contribution is 7.80. The molecule has 0 spiro atoms. The van der Waals surface area contributed by atoms with Crippen molar-refractivity contribution in [3.63, 3.8) is 0 Å². The van der Waals surface area contributed by atoms with Crippen LogP contribution in [0.3, 0.4) is 0 Å². The number of amides is 7. The Hall–Kier alpha value is -2.88. The average molecular weight is 659 g/mol. The van der Waals surface area contributed by atoms with Gasteiger partial charge in [0.15, 0.2) is 0 Å². The Morgan fingerprint density at radius 3 is 1.02 bits per heavy atom. The minimum atomic E-state index is -1.30. The summed E-state index contributed by atoms with van der Waals surface area (Å²) in [5.74, 6) is -7.11. The van der Waals surface area contributed by atoms with E-state index in [4.69, 9.17) is 10.8 Å². The number of carbonyl (C=O) groups is 8. The number of rotatable bonds is 19. The van der Waals surface area contributed by atoms with Gasteiger partial charge in [0.05, 0.1) is 26.2 Å². The second-order valence-electron chi connectivity index (χ2n) is 7.91. The zero-order valence-corrected chi connectivity index (χ0v) is 25.1. The molecule has 7 amide bonds. The first kappa shape index (κ1) is 38.1. The van der Waals surface area contributed by atoms with Crippen molar-refractivity contribution >= 4 is 97.8 Å². The molecule has 0 aromatic heterocycles. The molecule has 41 heavy (non-hydrogen) atoms. The lowest BCUT2D eigenvalue weighted by molar-refractivity contribution is -0.141. The first-order chi connectivity index (χ1) is 19.3. The van der Waals surface area contributed by atoms with Crippen LogP contribution >= 0.6 is 50.5 Å². The van der Waals surface area contributed by atoms with Gasteiger partial charge >= 0.3 is 5.97 Å². The van der Waals surface area contributed by atoms with E-state index in [1.54, 1.807) is 0 Å². The molecule has 0 radical (unpaired) electrons. The number of hydrogen-bond acceptors (Lipinski definition) is 13. The summed E-state index contributed by atoms with van der Waals surface area (Å²) in [6.07, 6.45) is 0. The molecule has 17 nitrogen and oxygen atoms in total. The Kier molecular flexibility index (Phi) is 19.4. The molecule has 0 saturated heterocycles. The van der Waals surface area contributed by atoms with Crippen molar-refractivity contribution in [1.82, 2.24) is 37.2 Å². The van der Waals surface area contributed by atoms with E-state index < -0.39 is 91.1 Å². The molecule has 0 aromatic carbocycles. The summed E-state index contributed by atoms with van der Waals surface area (Å²) in [6.45, 7) is -2.05. The van der Waals surface area contributed by atoms with Crippen molar-refractivity contribution < 1.29 is 43.5 Å². The Bertz CT molecular complexity index is 975. The molecule has 0 bridgehead atoms. The molecular formula is C20H34N8O9S4. The van der Waals surface area contributed by atoms with Crippen LogP contribution in [-0.4, -0.2) is 126 Å². The summed E-state index contributed by atoms with van der Waals surface area (Å²) in [6, 6.07) is -4.68. The fraction of sp³-hybridized carbons (Fsp3) is 0.600. The van der Waals surface area contributed by atoms with E-state index in [9.17, 15) is 38.4 Å². The van der Waals surface area contributed by atoms with Gasteiger partial charge in [0.25, 0.3) is 0 Å². The minimum absolute atomic E-state index is 0.0579. The molecule has 0 aromatic rings. The summed E-state index contributed by atoms with van der Waals surface area (Å²) in [4.78, 5) is 95.2. The predicted molar refractivity (Wildman–Crippen MR) is 159 cm³/mol. The quantitative estimate of drug-likeness (QED) is 0.0584. The highest BCUT2D eigenvalue weighted by Crippen LogP contribution is 1.93. The molecule has 0 saturated carbocycles. The number of nitrogens with two attached hydrogens (primary N) is 1. The number of nitrogens with one attached hydrogen (secondary N) is 7. The molecule has 4 atom stereocenters. The molecule has 0 aliphatic rings.